The number of fused-ring (bicyclic) bond motifs is 1. The third kappa shape index (κ3) is 2.40. The standard InChI is InChI=1S/C17H17N3/c1-12-7-9-20-16(10-12)17(18-2)14-5-6-15-13(11-14)4-3-8-19-15/h3-11,17-18H,1-2H3. The van der Waals surface area contributed by atoms with Gasteiger partial charge in [-0.3, -0.25) is 9.97 Å². The zero-order valence-electron chi connectivity index (χ0n) is 11.7. The van der Waals surface area contributed by atoms with Crippen molar-refractivity contribution in [1.82, 2.24) is 15.3 Å². The lowest BCUT2D eigenvalue weighted by Crippen LogP contribution is -2.18. The predicted octanol–water partition coefficient (Wildman–Crippen LogP) is 3.25. The van der Waals surface area contributed by atoms with Crippen molar-refractivity contribution in [2.45, 2.75) is 13.0 Å². The van der Waals surface area contributed by atoms with Crippen LogP contribution in [-0.4, -0.2) is 17.0 Å². The maximum Gasteiger partial charge on any atom is 0.0749 e. The van der Waals surface area contributed by atoms with E-state index >= 15 is 0 Å². The molecule has 0 bridgehead atoms. The van der Waals surface area contributed by atoms with Crippen molar-refractivity contribution in [2.24, 2.45) is 0 Å². The van der Waals surface area contributed by atoms with Crippen molar-refractivity contribution >= 4 is 10.9 Å². The summed E-state index contributed by atoms with van der Waals surface area (Å²) in [6.45, 7) is 2.09. The van der Waals surface area contributed by atoms with Gasteiger partial charge in [0.2, 0.25) is 0 Å². The van der Waals surface area contributed by atoms with Crippen LogP contribution in [0.5, 0.6) is 0 Å². The normalized spacial score (nSPS) is 12.5. The fraction of sp³-hybridized carbons (Fsp3) is 0.176. The minimum atomic E-state index is 0.0968. The molecule has 1 N–H and O–H groups in total. The molecule has 0 aliphatic carbocycles. The van der Waals surface area contributed by atoms with Gasteiger partial charge in [0.25, 0.3) is 0 Å². The smallest absolute Gasteiger partial charge is 0.0749 e. The molecule has 0 fully saturated rings. The molecule has 1 aromatic carbocycles. The Morgan fingerprint density at radius 2 is 1.90 bits per heavy atom. The van der Waals surface area contributed by atoms with E-state index in [1.165, 1.54) is 11.1 Å². The molecule has 3 aromatic rings. The molecule has 2 heterocycles. The summed E-state index contributed by atoms with van der Waals surface area (Å²) in [6.07, 6.45) is 3.68. The molecule has 1 unspecified atom stereocenters. The maximum absolute atomic E-state index is 4.49. The molecule has 20 heavy (non-hydrogen) atoms. The second-order valence-corrected chi connectivity index (χ2v) is 4.94. The molecule has 3 heteroatoms. The fourth-order valence-electron chi connectivity index (χ4n) is 2.48. The zero-order valence-corrected chi connectivity index (χ0v) is 11.7. The minimum absolute atomic E-state index is 0.0968. The van der Waals surface area contributed by atoms with Crippen LogP contribution in [0.3, 0.4) is 0 Å². The first-order valence-electron chi connectivity index (χ1n) is 6.72. The van der Waals surface area contributed by atoms with Crippen molar-refractivity contribution in [3.63, 3.8) is 0 Å². The van der Waals surface area contributed by atoms with E-state index in [0.29, 0.717) is 0 Å². The Morgan fingerprint density at radius 1 is 1.00 bits per heavy atom. The zero-order chi connectivity index (χ0) is 13.9. The highest BCUT2D eigenvalue weighted by Crippen LogP contribution is 2.23. The van der Waals surface area contributed by atoms with Gasteiger partial charge in [-0.2, -0.15) is 0 Å². The van der Waals surface area contributed by atoms with E-state index in [2.05, 4.69) is 52.5 Å². The van der Waals surface area contributed by atoms with E-state index in [1.807, 2.05) is 31.6 Å². The number of nitrogens with zero attached hydrogens (tertiary/aromatic N) is 2. The molecular weight excluding hydrogens is 246 g/mol. The molecule has 0 radical (unpaired) electrons. The van der Waals surface area contributed by atoms with Crippen LogP contribution in [0.15, 0.2) is 54.9 Å². The average Bonchev–Trinajstić information content (AvgIpc) is 2.48. The summed E-state index contributed by atoms with van der Waals surface area (Å²) in [5.41, 5.74) is 4.47. The number of aromatic nitrogens is 2. The van der Waals surface area contributed by atoms with Gasteiger partial charge in [-0.15, -0.1) is 0 Å². The van der Waals surface area contributed by atoms with Gasteiger partial charge >= 0.3 is 0 Å². The monoisotopic (exact) mass is 263 g/mol. The first-order chi connectivity index (χ1) is 9.78. The highest BCUT2D eigenvalue weighted by atomic mass is 14.9. The molecule has 1 atom stereocenters. The van der Waals surface area contributed by atoms with E-state index in [9.17, 15) is 0 Å². The number of hydrogen-bond acceptors (Lipinski definition) is 3. The molecule has 0 aliphatic heterocycles. The Bertz CT molecular complexity index is 737. The highest BCUT2D eigenvalue weighted by Gasteiger charge is 2.13. The van der Waals surface area contributed by atoms with Gasteiger partial charge in [0.1, 0.15) is 0 Å². The molecule has 3 rings (SSSR count). The summed E-state index contributed by atoms with van der Waals surface area (Å²) in [4.78, 5) is 8.85. The second kappa shape index (κ2) is 5.39. The summed E-state index contributed by atoms with van der Waals surface area (Å²) < 4.78 is 0. The second-order valence-electron chi connectivity index (χ2n) is 4.94. The first kappa shape index (κ1) is 12.8. The topological polar surface area (TPSA) is 37.8 Å². The summed E-state index contributed by atoms with van der Waals surface area (Å²) in [7, 11) is 1.96. The summed E-state index contributed by atoms with van der Waals surface area (Å²) in [6, 6.07) is 14.6. The largest absolute Gasteiger partial charge is 0.308 e. The van der Waals surface area contributed by atoms with Crippen molar-refractivity contribution in [3.8, 4) is 0 Å². The summed E-state index contributed by atoms with van der Waals surface area (Å²) >= 11 is 0. The van der Waals surface area contributed by atoms with Gasteiger partial charge in [0.15, 0.2) is 0 Å². The third-order valence-corrected chi connectivity index (χ3v) is 3.48. The molecule has 0 amide bonds. The van der Waals surface area contributed by atoms with Gasteiger partial charge in [0.05, 0.1) is 17.3 Å². The summed E-state index contributed by atoms with van der Waals surface area (Å²) in [5.74, 6) is 0. The number of benzene rings is 1. The SMILES string of the molecule is CNC(c1ccc2ncccc2c1)c1cc(C)ccn1. The van der Waals surface area contributed by atoms with Crippen LogP contribution >= 0.6 is 0 Å². The first-order valence-corrected chi connectivity index (χ1v) is 6.72. The lowest BCUT2D eigenvalue weighted by molar-refractivity contribution is 0.671. The van der Waals surface area contributed by atoms with Crippen molar-refractivity contribution in [3.05, 3.63) is 71.7 Å². The Kier molecular flexibility index (Phi) is 3.44. The number of rotatable bonds is 3. The van der Waals surface area contributed by atoms with Gasteiger partial charge in [-0.25, -0.2) is 0 Å². The van der Waals surface area contributed by atoms with E-state index in [4.69, 9.17) is 0 Å². The molecule has 0 aliphatic rings. The highest BCUT2D eigenvalue weighted by molar-refractivity contribution is 5.79. The number of nitrogens with one attached hydrogen (secondary N) is 1. The molecule has 2 aromatic heterocycles. The number of pyridine rings is 2. The van der Waals surface area contributed by atoms with E-state index in [1.54, 1.807) is 0 Å². The maximum atomic E-state index is 4.49. The van der Waals surface area contributed by atoms with E-state index < -0.39 is 0 Å². The van der Waals surface area contributed by atoms with Crippen molar-refractivity contribution in [1.29, 1.82) is 0 Å². The number of aryl methyl sites for hydroxylation is 1. The predicted molar refractivity (Wildman–Crippen MR) is 81.6 cm³/mol. The molecule has 0 saturated carbocycles. The molecule has 100 valence electrons. The van der Waals surface area contributed by atoms with Crippen molar-refractivity contribution in [2.75, 3.05) is 7.05 Å². The van der Waals surface area contributed by atoms with Crippen LogP contribution in [0.1, 0.15) is 22.9 Å². The van der Waals surface area contributed by atoms with Gasteiger partial charge in [0, 0.05) is 17.8 Å². The van der Waals surface area contributed by atoms with Gasteiger partial charge < -0.3 is 5.32 Å². The van der Waals surface area contributed by atoms with Crippen LogP contribution in [0.25, 0.3) is 10.9 Å². The van der Waals surface area contributed by atoms with E-state index in [0.717, 1.165) is 16.6 Å². The Hall–Kier alpha value is -2.26. The quantitative estimate of drug-likeness (QED) is 0.788. The Morgan fingerprint density at radius 3 is 2.70 bits per heavy atom. The Balaban J connectivity index is 2.07. The van der Waals surface area contributed by atoms with Crippen molar-refractivity contribution < 1.29 is 0 Å². The average molecular weight is 263 g/mol. The molecule has 0 saturated heterocycles. The van der Waals surface area contributed by atoms with Gasteiger partial charge in [-0.1, -0.05) is 12.1 Å². The number of hydrogen-bond donors (Lipinski definition) is 1. The lowest BCUT2D eigenvalue weighted by atomic mass is 10.0. The minimum Gasteiger partial charge on any atom is -0.308 e. The molecule has 0 spiro atoms. The molecule has 3 nitrogen and oxygen atoms in total. The van der Waals surface area contributed by atoms with Crippen LogP contribution in [0.4, 0.5) is 0 Å². The van der Waals surface area contributed by atoms with Crippen LogP contribution in [0.2, 0.25) is 0 Å². The Labute approximate surface area is 118 Å². The molecular formula is C17H17N3. The third-order valence-electron chi connectivity index (χ3n) is 3.48. The van der Waals surface area contributed by atoms with Crippen LogP contribution < -0.4 is 5.32 Å². The fourth-order valence-corrected chi connectivity index (χ4v) is 2.48. The van der Waals surface area contributed by atoms with Crippen LogP contribution in [-0.2, 0) is 0 Å². The van der Waals surface area contributed by atoms with E-state index in [-0.39, 0.29) is 6.04 Å². The van der Waals surface area contributed by atoms with Crippen LogP contribution in [0, 0.1) is 6.92 Å². The van der Waals surface area contributed by atoms with Gasteiger partial charge in [-0.05, 0) is 55.4 Å². The summed E-state index contributed by atoms with van der Waals surface area (Å²) in [5, 5.41) is 4.49. The lowest BCUT2D eigenvalue weighted by Gasteiger charge is -2.17.